The van der Waals surface area contributed by atoms with E-state index < -0.39 is 6.61 Å². The van der Waals surface area contributed by atoms with Crippen molar-refractivity contribution >= 4 is 11.5 Å². The Morgan fingerprint density at radius 2 is 1.79 bits per heavy atom. The monoisotopic (exact) mass is 196 g/mol. The van der Waals surface area contributed by atoms with Gasteiger partial charge in [-0.25, -0.2) is 0 Å². The normalized spacial score (nSPS) is 14.2. The van der Waals surface area contributed by atoms with Crippen LogP contribution in [0.2, 0.25) is 0 Å². The second kappa shape index (κ2) is 3.21. The molecule has 0 spiro atoms. The summed E-state index contributed by atoms with van der Waals surface area (Å²) in [5.74, 6) is -0.350. The number of carbonyl (C=O) groups is 1. The van der Waals surface area contributed by atoms with Gasteiger partial charge in [0, 0.05) is 17.2 Å². The second-order valence-electron chi connectivity index (χ2n) is 2.80. The number of carbonyl (C=O) groups excluding carboxylic acids is 1. The Bertz CT molecular complexity index is 410. The molecular formula is C10H6F2O2. The molecular weight excluding hydrogens is 190 g/mol. The van der Waals surface area contributed by atoms with E-state index in [2.05, 4.69) is 4.74 Å². The van der Waals surface area contributed by atoms with E-state index in [0.717, 1.165) is 6.08 Å². The fourth-order valence-electron chi connectivity index (χ4n) is 1.38. The lowest BCUT2D eigenvalue weighted by molar-refractivity contribution is -0.0708. The maximum Gasteiger partial charge on any atom is 0.387 e. The Balaban J connectivity index is 2.39. The van der Waals surface area contributed by atoms with Crippen molar-refractivity contribution in [2.75, 3.05) is 0 Å². The molecule has 1 aromatic carbocycles. The van der Waals surface area contributed by atoms with Gasteiger partial charge in [-0.05, 0) is 0 Å². The molecule has 0 atom stereocenters. The number of fused-ring (bicyclic) bond motifs is 1. The largest absolute Gasteiger partial charge is 0.434 e. The molecule has 1 aromatic rings. The number of hydrogen-bond acceptors (Lipinski definition) is 2. The maximum absolute atomic E-state index is 11.9. The van der Waals surface area contributed by atoms with Crippen molar-refractivity contribution in [2.24, 2.45) is 0 Å². The SMILES string of the molecule is O=C1C=C(OC(F)F)c2ccccc21. The number of benzene rings is 1. The molecule has 0 fully saturated rings. The first-order valence-corrected chi connectivity index (χ1v) is 3.99. The van der Waals surface area contributed by atoms with Gasteiger partial charge in [-0.1, -0.05) is 24.3 Å². The van der Waals surface area contributed by atoms with Gasteiger partial charge in [0.15, 0.2) is 5.78 Å². The quantitative estimate of drug-likeness (QED) is 0.726. The molecule has 0 amide bonds. The fraction of sp³-hybridized carbons (Fsp3) is 0.100. The molecule has 0 heterocycles. The van der Waals surface area contributed by atoms with Crippen LogP contribution in [0.25, 0.3) is 5.76 Å². The Kier molecular flexibility index (Phi) is 2.04. The Morgan fingerprint density at radius 3 is 2.43 bits per heavy atom. The highest BCUT2D eigenvalue weighted by molar-refractivity contribution is 6.15. The second-order valence-corrected chi connectivity index (χ2v) is 2.80. The number of halogens is 2. The summed E-state index contributed by atoms with van der Waals surface area (Å²) < 4.78 is 28.1. The van der Waals surface area contributed by atoms with Crippen LogP contribution in [0.5, 0.6) is 0 Å². The van der Waals surface area contributed by atoms with Crippen molar-refractivity contribution in [3.05, 3.63) is 41.5 Å². The van der Waals surface area contributed by atoms with Crippen LogP contribution in [0.4, 0.5) is 8.78 Å². The molecule has 2 rings (SSSR count). The zero-order chi connectivity index (χ0) is 10.1. The van der Waals surface area contributed by atoms with Crippen LogP contribution in [0.3, 0.4) is 0 Å². The molecule has 0 saturated carbocycles. The van der Waals surface area contributed by atoms with Crippen molar-refractivity contribution in [3.63, 3.8) is 0 Å². The third-order valence-corrected chi connectivity index (χ3v) is 1.94. The lowest BCUT2D eigenvalue weighted by atomic mass is 10.1. The van der Waals surface area contributed by atoms with Crippen LogP contribution in [0.1, 0.15) is 15.9 Å². The fourth-order valence-corrected chi connectivity index (χ4v) is 1.38. The van der Waals surface area contributed by atoms with Gasteiger partial charge in [0.2, 0.25) is 0 Å². The predicted octanol–water partition coefficient (Wildman–Crippen LogP) is 2.46. The van der Waals surface area contributed by atoms with Gasteiger partial charge >= 0.3 is 6.61 Å². The minimum atomic E-state index is -2.90. The number of alkyl halides is 2. The van der Waals surface area contributed by atoms with Crippen LogP contribution < -0.4 is 0 Å². The predicted molar refractivity (Wildman–Crippen MR) is 45.8 cm³/mol. The summed E-state index contributed by atoms with van der Waals surface area (Å²) in [5, 5.41) is 0. The zero-order valence-corrected chi connectivity index (χ0v) is 7.04. The van der Waals surface area contributed by atoms with Gasteiger partial charge in [0.25, 0.3) is 0 Å². The molecule has 14 heavy (non-hydrogen) atoms. The summed E-state index contributed by atoms with van der Waals surface area (Å²) in [5.41, 5.74) is 0.834. The van der Waals surface area contributed by atoms with E-state index in [-0.39, 0.29) is 11.5 Å². The highest BCUT2D eigenvalue weighted by Crippen LogP contribution is 2.29. The molecule has 1 aliphatic carbocycles. The van der Waals surface area contributed by atoms with Crippen LogP contribution in [-0.4, -0.2) is 12.4 Å². The topological polar surface area (TPSA) is 26.3 Å². The van der Waals surface area contributed by atoms with Crippen LogP contribution in [-0.2, 0) is 4.74 Å². The highest BCUT2D eigenvalue weighted by Gasteiger charge is 2.23. The average Bonchev–Trinajstić information content (AvgIpc) is 2.44. The Labute approximate surface area is 78.8 Å². The van der Waals surface area contributed by atoms with Gasteiger partial charge in [-0.2, -0.15) is 8.78 Å². The van der Waals surface area contributed by atoms with Crippen LogP contribution in [0.15, 0.2) is 30.3 Å². The van der Waals surface area contributed by atoms with Crippen LogP contribution in [0, 0.1) is 0 Å². The molecule has 2 nitrogen and oxygen atoms in total. The molecule has 0 aromatic heterocycles. The molecule has 4 heteroatoms. The minimum absolute atomic E-state index is 0.0550. The van der Waals surface area contributed by atoms with Gasteiger partial charge in [-0.15, -0.1) is 0 Å². The van der Waals surface area contributed by atoms with E-state index in [1.54, 1.807) is 24.3 Å². The number of hydrogen-bond donors (Lipinski definition) is 0. The third-order valence-electron chi connectivity index (χ3n) is 1.94. The van der Waals surface area contributed by atoms with Gasteiger partial charge in [0.05, 0.1) is 0 Å². The van der Waals surface area contributed by atoms with Crippen LogP contribution >= 0.6 is 0 Å². The number of ether oxygens (including phenoxy) is 1. The van der Waals surface area contributed by atoms with E-state index in [9.17, 15) is 13.6 Å². The van der Waals surface area contributed by atoms with Crippen molar-refractivity contribution < 1.29 is 18.3 Å². The highest BCUT2D eigenvalue weighted by atomic mass is 19.3. The van der Waals surface area contributed by atoms with E-state index in [1.165, 1.54) is 0 Å². The van der Waals surface area contributed by atoms with E-state index in [4.69, 9.17) is 0 Å². The number of rotatable bonds is 2. The molecule has 0 radical (unpaired) electrons. The Morgan fingerprint density at radius 1 is 1.14 bits per heavy atom. The van der Waals surface area contributed by atoms with Gasteiger partial charge in [-0.3, -0.25) is 4.79 Å². The first-order valence-electron chi connectivity index (χ1n) is 3.99. The van der Waals surface area contributed by atoms with Gasteiger partial charge in [0.1, 0.15) is 5.76 Å². The molecule has 0 unspecified atom stereocenters. The molecule has 0 saturated heterocycles. The van der Waals surface area contributed by atoms with Crippen molar-refractivity contribution in [1.82, 2.24) is 0 Å². The molecule has 1 aliphatic rings. The molecule has 0 N–H and O–H groups in total. The maximum atomic E-state index is 11.9. The summed E-state index contributed by atoms with van der Waals surface area (Å²) >= 11 is 0. The molecule has 72 valence electrons. The Hall–Kier alpha value is -1.71. The van der Waals surface area contributed by atoms with Crippen molar-refractivity contribution in [1.29, 1.82) is 0 Å². The summed E-state index contributed by atoms with van der Waals surface area (Å²) in [6.45, 7) is -2.90. The van der Waals surface area contributed by atoms with Crippen molar-refractivity contribution in [3.8, 4) is 0 Å². The smallest absolute Gasteiger partial charge is 0.387 e. The minimum Gasteiger partial charge on any atom is -0.434 e. The molecule has 0 aliphatic heterocycles. The van der Waals surface area contributed by atoms with E-state index in [0.29, 0.717) is 11.1 Å². The summed E-state index contributed by atoms with van der Waals surface area (Å²) in [6, 6.07) is 6.50. The summed E-state index contributed by atoms with van der Waals surface area (Å²) in [4.78, 5) is 11.3. The molecule has 0 bridgehead atoms. The van der Waals surface area contributed by atoms with E-state index in [1.807, 2.05) is 0 Å². The average molecular weight is 196 g/mol. The number of ketones is 1. The first kappa shape index (κ1) is 8.87. The van der Waals surface area contributed by atoms with E-state index >= 15 is 0 Å². The first-order chi connectivity index (χ1) is 6.68. The lowest BCUT2D eigenvalue weighted by Crippen LogP contribution is -1.97. The standard InChI is InChI=1S/C10H6F2O2/c11-10(12)14-9-5-8(13)6-3-1-2-4-7(6)9/h1-5,10H. The summed E-state index contributed by atoms with van der Waals surface area (Å²) in [7, 11) is 0. The van der Waals surface area contributed by atoms with Gasteiger partial charge < -0.3 is 4.74 Å². The third kappa shape index (κ3) is 1.39. The van der Waals surface area contributed by atoms with Crippen molar-refractivity contribution in [2.45, 2.75) is 6.61 Å². The zero-order valence-electron chi connectivity index (χ0n) is 7.04. The number of allylic oxidation sites excluding steroid dienone is 1. The lowest BCUT2D eigenvalue weighted by Gasteiger charge is -2.05. The summed E-state index contributed by atoms with van der Waals surface area (Å²) in [6.07, 6.45) is 1.08.